The Morgan fingerprint density at radius 2 is 1.55 bits per heavy atom. The maximum absolute atomic E-state index is 14.7. The van der Waals surface area contributed by atoms with Crippen LogP contribution in [0.5, 0.6) is 0 Å². The highest BCUT2D eigenvalue weighted by Crippen LogP contribution is 2.49. The van der Waals surface area contributed by atoms with E-state index in [1.807, 2.05) is 6.07 Å². The minimum atomic E-state index is 0.0431. The monoisotopic (exact) mass is 400 g/mol. The molecule has 164 valence electrons. The Hall–Kier alpha value is -0.850. The van der Waals surface area contributed by atoms with Crippen molar-refractivity contribution in [3.63, 3.8) is 0 Å². The fourth-order valence-corrected chi connectivity index (χ4v) is 6.41. The van der Waals surface area contributed by atoms with Gasteiger partial charge in [-0.25, -0.2) is 4.39 Å². The van der Waals surface area contributed by atoms with Crippen LogP contribution in [0.15, 0.2) is 18.2 Å². The number of hydrogen-bond acceptors (Lipinski definition) is 0. The van der Waals surface area contributed by atoms with E-state index in [4.69, 9.17) is 0 Å². The summed E-state index contributed by atoms with van der Waals surface area (Å²) in [5.74, 6) is 2.04. The van der Waals surface area contributed by atoms with Crippen LogP contribution in [-0.2, 0) is 12.8 Å². The molecule has 0 spiro atoms. The van der Waals surface area contributed by atoms with Crippen LogP contribution < -0.4 is 0 Å². The number of benzene rings is 1. The third-order valence-electron chi connectivity index (χ3n) is 8.30. The smallest absolute Gasteiger partial charge is 0.126 e. The first-order chi connectivity index (χ1) is 14.2. The van der Waals surface area contributed by atoms with Crippen molar-refractivity contribution in [1.29, 1.82) is 0 Å². The lowest BCUT2D eigenvalue weighted by Gasteiger charge is -2.43. The minimum absolute atomic E-state index is 0.0431. The van der Waals surface area contributed by atoms with Crippen molar-refractivity contribution in [2.75, 3.05) is 0 Å². The topological polar surface area (TPSA) is 0 Å². The van der Waals surface area contributed by atoms with Crippen molar-refractivity contribution in [2.24, 2.45) is 17.3 Å². The molecule has 0 N–H and O–H groups in total. The van der Waals surface area contributed by atoms with E-state index in [-0.39, 0.29) is 5.82 Å². The van der Waals surface area contributed by atoms with E-state index in [9.17, 15) is 4.39 Å². The minimum Gasteiger partial charge on any atom is -0.207 e. The molecule has 2 saturated carbocycles. The van der Waals surface area contributed by atoms with Crippen LogP contribution >= 0.6 is 0 Å². The fourth-order valence-electron chi connectivity index (χ4n) is 6.41. The highest BCUT2D eigenvalue weighted by molar-refractivity contribution is 5.25. The van der Waals surface area contributed by atoms with E-state index in [0.29, 0.717) is 5.41 Å². The molecule has 3 rings (SSSR count). The van der Waals surface area contributed by atoms with Gasteiger partial charge in [0.25, 0.3) is 0 Å². The SMILES string of the molecule is CCCCCc1ccc(CCC2(CCC)CCC(C3CCCCC3)CC2)c(F)c1. The van der Waals surface area contributed by atoms with E-state index < -0.39 is 0 Å². The Morgan fingerprint density at radius 1 is 0.828 bits per heavy atom. The first-order valence-corrected chi connectivity index (χ1v) is 12.9. The van der Waals surface area contributed by atoms with E-state index in [1.165, 1.54) is 102 Å². The van der Waals surface area contributed by atoms with Crippen LogP contribution in [-0.4, -0.2) is 0 Å². The predicted octanol–water partition coefficient (Wildman–Crippen LogP) is 9.05. The lowest BCUT2D eigenvalue weighted by Crippen LogP contribution is -2.31. The van der Waals surface area contributed by atoms with Gasteiger partial charge in [0.05, 0.1) is 0 Å². The molecule has 0 radical (unpaired) electrons. The average molecular weight is 401 g/mol. The van der Waals surface area contributed by atoms with E-state index in [2.05, 4.69) is 26.0 Å². The molecule has 1 aromatic carbocycles. The molecule has 0 amide bonds. The van der Waals surface area contributed by atoms with Crippen molar-refractivity contribution < 1.29 is 4.39 Å². The van der Waals surface area contributed by atoms with Gasteiger partial charge in [0.2, 0.25) is 0 Å². The van der Waals surface area contributed by atoms with Crippen molar-refractivity contribution in [2.45, 2.75) is 123 Å². The molecule has 0 bridgehead atoms. The summed E-state index contributed by atoms with van der Waals surface area (Å²) in [7, 11) is 0. The second kappa shape index (κ2) is 11.5. The Morgan fingerprint density at radius 3 is 2.21 bits per heavy atom. The lowest BCUT2D eigenvalue weighted by molar-refractivity contribution is 0.0852. The first kappa shape index (κ1) is 22.8. The molecule has 29 heavy (non-hydrogen) atoms. The van der Waals surface area contributed by atoms with Gasteiger partial charge >= 0.3 is 0 Å². The van der Waals surface area contributed by atoms with Crippen LogP contribution in [0.4, 0.5) is 4.39 Å². The van der Waals surface area contributed by atoms with Gasteiger partial charge in [-0.1, -0.05) is 77.3 Å². The standard InChI is InChI=1S/C28H45F/c1-3-5-7-10-23-13-14-26(27(29)22-23)17-21-28(18-4-2)19-15-25(16-20-28)24-11-8-6-9-12-24/h13-14,22,24-25H,3-12,15-21H2,1-2H3. The van der Waals surface area contributed by atoms with Crippen LogP contribution in [0.3, 0.4) is 0 Å². The second-order valence-electron chi connectivity index (χ2n) is 10.4. The summed E-state index contributed by atoms with van der Waals surface area (Å²) >= 11 is 0. The number of hydrogen-bond donors (Lipinski definition) is 0. The summed E-state index contributed by atoms with van der Waals surface area (Å²) in [6.45, 7) is 4.55. The maximum Gasteiger partial charge on any atom is 0.126 e. The predicted molar refractivity (Wildman–Crippen MR) is 124 cm³/mol. The second-order valence-corrected chi connectivity index (χ2v) is 10.4. The fraction of sp³-hybridized carbons (Fsp3) is 0.786. The van der Waals surface area contributed by atoms with Gasteiger partial charge in [0.1, 0.15) is 5.82 Å². The summed E-state index contributed by atoms with van der Waals surface area (Å²) in [5, 5.41) is 0. The van der Waals surface area contributed by atoms with Gasteiger partial charge in [0, 0.05) is 0 Å². The zero-order valence-corrected chi connectivity index (χ0v) is 19.3. The molecule has 0 aliphatic heterocycles. The molecular formula is C28H45F. The van der Waals surface area contributed by atoms with Gasteiger partial charge < -0.3 is 0 Å². The van der Waals surface area contributed by atoms with Crippen LogP contribution in [0.25, 0.3) is 0 Å². The highest BCUT2D eigenvalue weighted by Gasteiger charge is 2.37. The largest absolute Gasteiger partial charge is 0.207 e. The van der Waals surface area contributed by atoms with Gasteiger partial charge in [-0.2, -0.15) is 0 Å². The summed E-state index contributed by atoms with van der Waals surface area (Å²) in [6.07, 6.45) is 22.4. The molecule has 0 nitrogen and oxygen atoms in total. The molecule has 2 fully saturated rings. The van der Waals surface area contributed by atoms with Gasteiger partial charge in [-0.3, -0.25) is 0 Å². The third kappa shape index (κ3) is 6.56. The van der Waals surface area contributed by atoms with E-state index in [1.54, 1.807) is 0 Å². The lowest BCUT2D eigenvalue weighted by atomic mass is 9.62. The Labute approximate surface area is 180 Å². The first-order valence-electron chi connectivity index (χ1n) is 12.9. The molecule has 0 atom stereocenters. The Kier molecular flexibility index (Phi) is 9.07. The summed E-state index contributed by atoms with van der Waals surface area (Å²) in [5.41, 5.74) is 2.61. The number of aryl methyl sites for hydroxylation is 2. The van der Waals surface area contributed by atoms with E-state index >= 15 is 0 Å². The van der Waals surface area contributed by atoms with Gasteiger partial charge in [-0.15, -0.1) is 0 Å². The zero-order chi connectivity index (χ0) is 20.5. The summed E-state index contributed by atoms with van der Waals surface area (Å²) in [4.78, 5) is 0. The number of unbranched alkanes of at least 4 members (excludes halogenated alkanes) is 2. The zero-order valence-electron chi connectivity index (χ0n) is 19.3. The van der Waals surface area contributed by atoms with Crippen molar-refractivity contribution in [1.82, 2.24) is 0 Å². The van der Waals surface area contributed by atoms with Crippen molar-refractivity contribution >= 4 is 0 Å². The van der Waals surface area contributed by atoms with Crippen LogP contribution in [0, 0.1) is 23.1 Å². The van der Waals surface area contributed by atoms with Gasteiger partial charge in [0.15, 0.2) is 0 Å². The summed E-state index contributed by atoms with van der Waals surface area (Å²) in [6, 6.07) is 6.09. The molecule has 0 heterocycles. The molecule has 1 heteroatoms. The molecule has 0 saturated heterocycles. The van der Waals surface area contributed by atoms with Gasteiger partial charge in [-0.05, 0) is 92.2 Å². The van der Waals surface area contributed by atoms with Crippen molar-refractivity contribution in [3.8, 4) is 0 Å². The van der Waals surface area contributed by atoms with Crippen LogP contribution in [0.1, 0.15) is 121 Å². The quantitative estimate of drug-likeness (QED) is 0.344. The number of halogens is 1. The van der Waals surface area contributed by atoms with E-state index in [0.717, 1.165) is 30.2 Å². The number of rotatable bonds is 10. The van der Waals surface area contributed by atoms with Crippen LogP contribution in [0.2, 0.25) is 0 Å². The molecule has 1 aromatic rings. The molecular weight excluding hydrogens is 355 g/mol. The third-order valence-corrected chi connectivity index (χ3v) is 8.30. The average Bonchev–Trinajstić information content (AvgIpc) is 2.75. The Bertz CT molecular complexity index is 590. The maximum atomic E-state index is 14.7. The summed E-state index contributed by atoms with van der Waals surface area (Å²) < 4.78 is 14.7. The molecule has 0 unspecified atom stereocenters. The Balaban J connectivity index is 1.54. The molecule has 0 aromatic heterocycles. The van der Waals surface area contributed by atoms with Crippen molar-refractivity contribution in [3.05, 3.63) is 35.1 Å². The molecule has 2 aliphatic rings. The highest BCUT2D eigenvalue weighted by atomic mass is 19.1. The normalized spacial score (nSPS) is 26.0. The molecule has 2 aliphatic carbocycles.